The third kappa shape index (κ3) is 5.53. The summed E-state index contributed by atoms with van der Waals surface area (Å²) in [6.07, 6.45) is 3.18. The number of likely N-dealkylation sites (tertiary alicyclic amines) is 1. The van der Waals surface area contributed by atoms with Crippen molar-refractivity contribution < 1.29 is 19.1 Å². The number of nitrogens with one attached hydrogen (secondary N) is 1. The Labute approximate surface area is 146 Å². The zero-order valence-corrected chi connectivity index (χ0v) is 14.4. The van der Waals surface area contributed by atoms with Crippen molar-refractivity contribution in [3.8, 4) is 0 Å². The lowest BCUT2D eigenvalue weighted by atomic mass is 10.2. The maximum absolute atomic E-state index is 11.9. The second-order valence-electron chi connectivity index (χ2n) is 5.79. The Kier molecular flexibility index (Phi) is 6.61. The first-order valence-electron chi connectivity index (χ1n) is 7.95. The smallest absolute Gasteiger partial charge is 0.326 e. The van der Waals surface area contributed by atoms with E-state index in [9.17, 15) is 14.4 Å². The van der Waals surface area contributed by atoms with Crippen LogP contribution in [0.3, 0.4) is 0 Å². The monoisotopic (exact) mass is 352 g/mol. The highest BCUT2D eigenvalue weighted by molar-refractivity contribution is 6.31. The molecule has 1 aromatic rings. The number of aryl methyl sites for hydroxylation is 1. The molecule has 1 saturated heterocycles. The molecule has 0 radical (unpaired) electrons. The number of rotatable bonds is 5. The Balaban J connectivity index is 1.79. The minimum atomic E-state index is -0.580. The molecule has 0 unspecified atom stereocenters. The molecule has 2 amide bonds. The first kappa shape index (κ1) is 18.3. The van der Waals surface area contributed by atoms with E-state index >= 15 is 0 Å². The van der Waals surface area contributed by atoms with Crippen LogP contribution in [-0.2, 0) is 19.1 Å². The second-order valence-corrected chi connectivity index (χ2v) is 6.23. The summed E-state index contributed by atoms with van der Waals surface area (Å²) < 4.78 is 4.96. The van der Waals surface area contributed by atoms with Gasteiger partial charge in [0.05, 0.1) is 0 Å². The molecular formula is C17H21ClN2O4. The van der Waals surface area contributed by atoms with Crippen molar-refractivity contribution in [2.24, 2.45) is 0 Å². The van der Waals surface area contributed by atoms with Crippen molar-refractivity contribution in [2.75, 3.05) is 25.0 Å². The fourth-order valence-electron chi connectivity index (χ4n) is 2.47. The van der Waals surface area contributed by atoms with Crippen LogP contribution in [0.2, 0.25) is 5.02 Å². The summed E-state index contributed by atoms with van der Waals surface area (Å²) in [5.74, 6) is -1.07. The van der Waals surface area contributed by atoms with Crippen molar-refractivity contribution in [1.29, 1.82) is 0 Å². The lowest BCUT2D eigenvalue weighted by Gasteiger charge is -2.19. The number of hydrogen-bond donors (Lipinski definition) is 1. The van der Waals surface area contributed by atoms with Crippen LogP contribution < -0.4 is 5.32 Å². The van der Waals surface area contributed by atoms with Gasteiger partial charge in [0.1, 0.15) is 6.54 Å². The number of benzene rings is 1. The van der Waals surface area contributed by atoms with E-state index in [0.29, 0.717) is 23.7 Å². The number of esters is 1. The van der Waals surface area contributed by atoms with Crippen LogP contribution in [0.15, 0.2) is 18.2 Å². The standard InChI is InChI=1S/C17H21ClN2O4/c1-12-6-7-13(18)9-14(12)19-15(21)11-24-17(23)10-20-8-4-2-3-5-16(20)22/h6-7,9H,2-5,8,10-11H2,1H3,(H,19,21). The van der Waals surface area contributed by atoms with E-state index in [0.717, 1.165) is 24.8 Å². The highest BCUT2D eigenvalue weighted by atomic mass is 35.5. The van der Waals surface area contributed by atoms with Gasteiger partial charge in [0.2, 0.25) is 5.91 Å². The number of carbonyl (C=O) groups is 3. The summed E-state index contributed by atoms with van der Waals surface area (Å²) in [5, 5.41) is 3.15. The van der Waals surface area contributed by atoms with Gasteiger partial charge in [-0.3, -0.25) is 14.4 Å². The van der Waals surface area contributed by atoms with E-state index in [-0.39, 0.29) is 12.5 Å². The summed E-state index contributed by atoms with van der Waals surface area (Å²) in [6, 6.07) is 5.15. The zero-order chi connectivity index (χ0) is 17.5. The molecule has 0 saturated carbocycles. The molecule has 0 bridgehead atoms. The number of anilines is 1. The number of halogens is 1. The van der Waals surface area contributed by atoms with Crippen molar-refractivity contribution in [2.45, 2.75) is 32.6 Å². The Hall–Kier alpha value is -2.08. The van der Waals surface area contributed by atoms with Gasteiger partial charge in [0.15, 0.2) is 6.61 Å². The van der Waals surface area contributed by atoms with Crippen LogP contribution >= 0.6 is 11.6 Å². The number of ether oxygens (including phenoxy) is 1. The van der Waals surface area contributed by atoms with Gasteiger partial charge in [-0.15, -0.1) is 0 Å². The fraction of sp³-hybridized carbons (Fsp3) is 0.471. The molecule has 0 atom stereocenters. The molecule has 1 N–H and O–H groups in total. The average Bonchev–Trinajstić information content (AvgIpc) is 2.74. The molecule has 24 heavy (non-hydrogen) atoms. The molecule has 1 aromatic carbocycles. The van der Waals surface area contributed by atoms with E-state index < -0.39 is 18.5 Å². The van der Waals surface area contributed by atoms with Gasteiger partial charge < -0.3 is 15.0 Å². The highest BCUT2D eigenvalue weighted by Crippen LogP contribution is 2.20. The maximum atomic E-state index is 11.9. The average molecular weight is 353 g/mol. The minimum Gasteiger partial charge on any atom is -0.454 e. The number of nitrogens with zero attached hydrogens (tertiary/aromatic N) is 1. The normalized spacial score (nSPS) is 14.9. The summed E-state index contributed by atoms with van der Waals surface area (Å²) in [6.45, 7) is 1.89. The molecule has 1 heterocycles. The number of hydrogen-bond acceptors (Lipinski definition) is 4. The molecule has 1 aliphatic heterocycles. The number of amides is 2. The summed E-state index contributed by atoms with van der Waals surface area (Å²) >= 11 is 5.89. The SMILES string of the molecule is Cc1ccc(Cl)cc1NC(=O)COC(=O)CN1CCCCCC1=O. The molecule has 2 rings (SSSR count). The molecule has 0 aromatic heterocycles. The van der Waals surface area contributed by atoms with E-state index in [1.165, 1.54) is 4.90 Å². The van der Waals surface area contributed by atoms with Gasteiger partial charge >= 0.3 is 5.97 Å². The molecule has 1 fully saturated rings. The maximum Gasteiger partial charge on any atom is 0.326 e. The van der Waals surface area contributed by atoms with Gasteiger partial charge in [-0.05, 0) is 37.5 Å². The van der Waals surface area contributed by atoms with Gasteiger partial charge in [-0.25, -0.2) is 0 Å². The van der Waals surface area contributed by atoms with Crippen LogP contribution in [0.4, 0.5) is 5.69 Å². The van der Waals surface area contributed by atoms with Gasteiger partial charge in [0.25, 0.3) is 5.91 Å². The first-order valence-corrected chi connectivity index (χ1v) is 8.33. The van der Waals surface area contributed by atoms with Crippen molar-refractivity contribution >= 4 is 35.1 Å². The van der Waals surface area contributed by atoms with E-state index in [2.05, 4.69) is 5.32 Å². The Morgan fingerprint density at radius 1 is 1.29 bits per heavy atom. The van der Waals surface area contributed by atoms with Crippen LogP contribution in [-0.4, -0.2) is 42.4 Å². The predicted molar refractivity (Wildman–Crippen MR) is 90.8 cm³/mol. The zero-order valence-electron chi connectivity index (χ0n) is 13.6. The van der Waals surface area contributed by atoms with E-state index in [1.807, 2.05) is 6.92 Å². The molecule has 0 spiro atoms. The third-order valence-corrected chi connectivity index (χ3v) is 4.06. The third-order valence-electron chi connectivity index (χ3n) is 3.83. The van der Waals surface area contributed by atoms with Crippen LogP contribution in [0.1, 0.15) is 31.2 Å². The molecule has 7 heteroatoms. The minimum absolute atomic E-state index is 0.0385. The van der Waals surface area contributed by atoms with Gasteiger partial charge in [-0.2, -0.15) is 0 Å². The van der Waals surface area contributed by atoms with E-state index in [4.69, 9.17) is 16.3 Å². The molecule has 130 valence electrons. The lowest BCUT2D eigenvalue weighted by molar-refractivity contribution is -0.151. The van der Waals surface area contributed by atoms with Crippen LogP contribution in [0, 0.1) is 6.92 Å². The van der Waals surface area contributed by atoms with Crippen LogP contribution in [0.25, 0.3) is 0 Å². The molecule has 0 aliphatic carbocycles. The molecule has 1 aliphatic rings. The van der Waals surface area contributed by atoms with Crippen molar-refractivity contribution in [1.82, 2.24) is 4.90 Å². The Bertz CT molecular complexity index is 633. The topological polar surface area (TPSA) is 75.7 Å². The summed E-state index contributed by atoms with van der Waals surface area (Å²) in [5.41, 5.74) is 1.43. The molecule has 6 nitrogen and oxygen atoms in total. The quantitative estimate of drug-likeness (QED) is 0.826. The Morgan fingerprint density at radius 3 is 2.88 bits per heavy atom. The fourth-order valence-corrected chi connectivity index (χ4v) is 2.64. The lowest BCUT2D eigenvalue weighted by Crippen LogP contribution is -2.36. The highest BCUT2D eigenvalue weighted by Gasteiger charge is 2.20. The largest absolute Gasteiger partial charge is 0.454 e. The summed E-state index contributed by atoms with van der Waals surface area (Å²) in [7, 11) is 0. The number of carbonyl (C=O) groups excluding carboxylic acids is 3. The van der Waals surface area contributed by atoms with E-state index in [1.54, 1.807) is 18.2 Å². The Morgan fingerprint density at radius 2 is 2.08 bits per heavy atom. The van der Waals surface area contributed by atoms with Crippen molar-refractivity contribution in [3.63, 3.8) is 0 Å². The predicted octanol–water partition coefficient (Wildman–Crippen LogP) is 2.53. The first-order chi connectivity index (χ1) is 11.5. The van der Waals surface area contributed by atoms with Crippen LogP contribution in [0.5, 0.6) is 0 Å². The summed E-state index contributed by atoms with van der Waals surface area (Å²) in [4.78, 5) is 37.0. The second kappa shape index (κ2) is 8.68. The van der Waals surface area contributed by atoms with Gasteiger partial charge in [0, 0.05) is 23.7 Å². The van der Waals surface area contributed by atoms with Gasteiger partial charge in [-0.1, -0.05) is 24.1 Å². The van der Waals surface area contributed by atoms with Crippen molar-refractivity contribution in [3.05, 3.63) is 28.8 Å². The molecular weight excluding hydrogens is 332 g/mol.